The zero-order valence-electron chi connectivity index (χ0n) is 25.9. The highest BCUT2D eigenvalue weighted by atomic mass is 32.2. The van der Waals surface area contributed by atoms with E-state index in [4.69, 9.17) is 4.74 Å². The molecule has 12 nitrogen and oxygen atoms in total. The summed E-state index contributed by atoms with van der Waals surface area (Å²) in [6.07, 6.45) is 2.21. The number of rotatable bonds is 5. The van der Waals surface area contributed by atoms with E-state index in [0.717, 1.165) is 25.0 Å². The van der Waals surface area contributed by atoms with Crippen LogP contribution in [0.3, 0.4) is 0 Å². The summed E-state index contributed by atoms with van der Waals surface area (Å²) < 4.78 is 73.6. The fourth-order valence-corrected chi connectivity index (χ4v) is 6.59. The summed E-state index contributed by atoms with van der Waals surface area (Å²) in [4.78, 5) is 54.7. The molecule has 1 saturated carbocycles. The monoisotopic (exact) mass is 671 g/mol. The number of amides is 4. The lowest BCUT2D eigenvalue weighted by atomic mass is 10.0. The smallest absolute Gasteiger partial charge is 0.416 e. The van der Waals surface area contributed by atoms with E-state index in [1.807, 2.05) is 15.5 Å². The van der Waals surface area contributed by atoms with Gasteiger partial charge in [0.15, 0.2) is 0 Å². The molecule has 16 heteroatoms. The van der Waals surface area contributed by atoms with Crippen molar-refractivity contribution in [1.82, 2.24) is 20.3 Å². The first kappa shape index (κ1) is 35.0. The molecule has 46 heavy (non-hydrogen) atoms. The summed E-state index contributed by atoms with van der Waals surface area (Å²) >= 11 is 0. The molecule has 1 saturated heterocycles. The second kappa shape index (κ2) is 13.5. The van der Waals surface area contributed by atoms with Crippen LogP contribution in [-0.2, 0) is 35.5 Å². The number of carbonyl (C=O) groups excluding carboxylic acids is 4. The van der Waals surface area contributed by atoms with Gasteiger partial charge in [-0.2, -0.15) is 21.6 Å². The normalized spacial score (nSPS) is 26.7. The van der Waals surface area contributed by atoms with Crippen LogP contribution in [0.5, 0.6) is 0 Å². The van der Waals surface area contributed by atoms with Gasteiger partial charge in [-0.15, -0.1) is 0 Å². The average molecular weight is 672 g/mol. The molecule has 1 aliphatic carbocycles. The van der Waals surface area contributed by atoms with Crippen molar-refractivity contribution < 1.29 is 45.5 Å². The average Bonchev–Trinajstić information content (AvgIpc) is 3.39. The first-order valence-corrected chi connectivity index (χ1v) is 16.7. The number of benzene rings is 1. The van der Waals surface area contributed by atoms with Crippen LogP contribution in [0.4, 0.5) is 23.7 Å². The first-order valence-electron chi connectivity index (χ1n) is 15.2. The Morgan fingerprint density at radius 2 is 1.72 bits per heavy atom. The Bertz CT molecular complexity index is 1460. The Kier molecular flexibility index (Phi) is 10.3. The van der Waals surface area contributed by atoms with E-state index in [2.05, 4.69) is 10.6 Å². The van der Waals surface area contributed by atoms with E-state index in [-0.39, 0.29) is 18.7 Å². The highest BCUT2D eigenvalue weighted by Gasteiger charge is 2.61. The molecule has 0 radical (unpaired) electrons. The van der Waals surface area contributed by atoms with Gasteiger partial charge in [0.1, 0.15) is 23.2 Å². The molecule has 4 amide bonds. The zero-order chi connectivity index (χ0) is 33.9. The van der Waals surface area contributed by atoms with E-state index < -0.39 is 74.9 Å². The minimum atomic E-state index is -4.61. The third-order valence-electron chi connectivity index (χ3n) is 8.02. The van der Waals surface area contributed by atoms with Gasteiger partial charge in [0.05, 0.1) is 11.3 Å². The van der Waals surface area contributed by atoms with Gasteiger partial charge in [-0.3, -0.25) is 19.1 Å². The van der Waals surface area contributed by atoms with Gasteiger partial charge in [-0.05, 0) is 83.6 Å². The van der Waals surface area contributed by atoms with Gasteiger partial charge in [0, 0.05) is 12.5 Å². The molecule has 0 bridgehead atoms. The largest absolute Gasteiger partial charge is 0.444 e. The zero-order valence-corrected chi connectivity index (χ0v) is 26.7. The Hall–Kier alpha value is -3.82. The first-order chi connectivity index (χ1) is 21.4. The van der Waals surface area contributed by atoms with Crippen molar-refractivity contribution in [2.24, 2.45) is 5.92 Å². The highest BCUT2D eigenvalue weighted by Crippen LogP contribution is 2.45. The van der Waals surface area contributed by atoms with Gasteiger partial charge >= 0.3 is 22.5 Å². The molecule has 1 aromatic rings. The van der Waals surface area contributed by atoms with Crippen LogP contribution >= 0.6 is 0 Å². The Labute approximate surface area is 266 Å². The maximum atomic E-state index is 13.7. The van der Waals surface area contributed by atoms with Crippen LogP contribution in [-0.4, -0.2) is 66.9 Å². The fraction of sp³-hybridized carbons (Fsp3) is 0.600. The molecule has 2 aliphatic heterocycles. The third kappa shape index (κ3) is 8.91. The Morgan fingerprint density at radius 3 is 2.37 bits per heavy atom. The summed E-state index contributed by atoms with van der Waals surface area (Å²) in [6.45, 7) is 5.35. The molecular weight excluding hydrogens is 631 g/mol. The molecule has 2 fully saturated rings. The third-order valence-corrected chi connectivity index (χ3v) is 8.98. The molecule has 4 N–H and O–H groups in total. The SMILES string of the molecule is CC(C)(C)OC(=O)NC1CCCCC/C=C\C2CC2(C(=O)NS(=O)(=O)Nc2ccc(C(F)(F)F)cc2)NC(=O)C2CCCN2C1=O. The molecule has 2 heterocycles. The van der Waals surface area contributed by atoms with E-state index in [1.165, 1.54) is 4.90 Å². The van der Waals surface area contributed by atoms with Crippen molar-refractivity contribution in [2.45, 2.75) is 102 Å². The number of nitrogens with one attached hydrogen (secondary N) is 4. The molecule has 1 aromatic carbocycles. The number of ether oxygens (including phenoxy) is 1. The van der Waals surface area contributed by atoms with Gasteiger partial charge in [-0.1, -0.05) is 25.0 Å². The number of hydrogen-bond donors (Lipinski definition) is 4. The predicted octanol–water partition coefficient (Wildman–Crippen LogP) is 3.76. The van der Waals surface area contributed by atoms with Gasteiger partial charge in [0.2, 0.25) is 11.8 Å². The summed E-state index contributed by atoms with van der Waals surface area (Å²) in [5, 5.41) is 5.35. The van der Waals surface area contributed by atoms with Crippen LogP contribution in [0.1, 0.15) is 77.7 Å². The van der Waals surface area contributed by atoms with Gasteiger partial charge in [-0.25, -0.2) is 9.52 Å². The second-order valence-corrected chi connectivity index (χ2v) is 14.3. The fourth-order valence-electron chi connectivity index (χ4n) is 5.66. The van der Waals surface area contributed by atoms with E-state index in [1.54, 1.807) is 26.8 Å². The van der Waals surface area contributed by atoms with Crippen molar-refractivity contribution in [1.29, 1.82) is 0 Å². The lowest BCUT2D eigenvalue weighted by molar-refractivity contribution is -0.141. The topological polar surface area (TPSA) is 163 Å². The number of alkyl halides is 3. The molecule has 0 aromatic heterocycles. The lowest BCUT2D eigenvalue weighted by Crippen LogP contribution is -2.58. The number of fused-ring (bicyclic) bond motifs is 2. The summed E-state index contributed by atoms with van der Waals surface area (Å²) in [5.74, 6) is -2.66. The molecular formula is C30H40F3N5O7S. The summed E-state index contributed by atoms with van der Waals surface area (Å²) in [7, 11) is -4.61. The van der Waals surface area contributed by atoms with Crippen molar-refractivity contribution in [3.63, 3.8) is 0 Å². The van der Waals surface area contributed by atoms with Crippen molar-refractivity contribution in [3.8, 4) is 0 Å². The summed E-state index contributed by atoms with van der Waals surface area (Å²) in [5.41, 5.74) is -3.60. The molecule has 4 atom stereocenters. The van der Waals surface area contributed by atoms with Crippen molar-refractivity contribution in [2.75, 3.05) is 11.3 Å². The number of nitrogens with zero attached hydrogens (tertiary/aromatic N) is 1. The Balaban J connectivity index is 1.51. The summed E-state index contributed by atoms with van der Waals surface area (Å²) in [6, 6.07) is 1.32. The number of carbonyl (C=O) groups is 4. The number of anilines is 1. The number of alkyl carbamates (subject to hydrolysis) is 1. The standard InChI is InChI=1S/C30H40F3N5O7S/c1-28(2,3)45-27(42)34-22-11-8-6-4-5-7-10-20-18-29(20,35-24(39)23-12-9-17-38(23)25(22)40)26(41)37-46(43,44)36-21-15-13-19(14-16-21)30(31,32)33/h7,10,13-16,20,22-23,36H,4-6,8-9,11-12,17-18H2,1-3H3,(H,34,42)(H,35,39)(H,37,41)/b10-7-. The van der Waals surface area contributed by atoms with E-state index in [0.29, 0.717) is 44.2 Å². The molecule has 254 valence electrons. The lowest BCUT2D eigenvalue weighted by Gasteiger charge is -2.30. The van der Waals surface area contributed by atoms with Crippen molar-refractivity contribution >= 4 is 39.7 Å². The Morgan fingerprint density at radius 1 is 1.02 bits per heavy atom. The maximum Gasteiger partial charge on any atom is 0.416 e. The minimum Gasteiger partial charge on any atom is -0.444 e. The van der Waals surface area contributed by atoms with Gasteiger partial charge in [0.25, 0.3) is 5.91 Å². The van der Waals surface area contributed by atoms with Crippen molar-refractivity contribution in [3.05, 3.63) is 42.0 Å². The predicted molar refractivity (Wildman–Crippen MR) is 161 cm³/mol. The number of allylic oxidation sites excluding steroid dienone is 1. The molecule has 4 rings (SSSR count). The van der Waals surface area contributed by atoms with Crippen LogP contribution in [0.15, 0.2) is 36.4 Å². The molecule has 0 spiro atoms. The second-order valence-electron chi connectivity index (χ2n) is 12.8. The number of hydrogen-bond acceptors (Lipinski definition) is 7. The number of halogens is 3. The quantitative estimate of drug-likeness (QED) is 0.347. The van der Waals surface area contributed by atoms with Crippen LogP contribution < -0.4 is 20.1 Å². The van der Waals surface area contributed by atoms with E-state index in [9.17, 15) is 40.8 Å². The molecule has 4 unspecified atom stereocenters. The van der Waals surface area contributed by atoms with Crippen LogP contribution in [0.2, 0.25) is 0 Å². The van der Waals surface area contributed by atoms with Crippen LogP contribution in [0.25, 0.3) is 0 Å². The van der Waals surface area contributed by atoms with E-state index >= 15 is 0 Å². The molecule has 3 aliphatic rings. The van der Waals surface area contributed by atoms with Crippen LogP contribution in [0, 0.1) is 5.92 Å². The maximum absolute atomic E-state index is 13.7. The van der Waals surface area contributed by atoms with Gasteiger partial charge < -0.3 is 20.3 Å². The minimum absolute atomic E-state index is 0.0976. The highest BCUT2D eigenvalue weighted by molar-refractivity contribution is 7.91.